The number of hydrogen-bond acceptors (Lipinski definition) is 4. The zero-order valence-electron chi connectivity index (χ0n) is 9.31. The first-order valence-corrected chi connectivity index (χ1v) is 6.58. The van der Waals surface area contributed by atoms with Gasteiger partial charge in [-0.25, -0.2) is 12.8 Å². The van der Waals surface area contributed by atoms with Gasteiger partial charge in [0, 0.05) is 12.7 Å². The molecule has 0 fully saturated rings. The molecule has 0 aliphatic rings. The number of anilines is 1. The first-order chi connectivity index (χ1) is 7.98. The van der Waals surface area contributed by atoms with Crippen molar-refractivity contribution in [2.45, 2.75) is 6.42 Å². The Morgan fingerprint density at radius 1 is 1.47 bits per heavy atom. The van der Waals surface area contributed by atoms with Crippen molar-refractivity contribution in [2.24, 2.45) is 0 Å². The highest BCUT2D eigenvalue weighted by Crippen LogP contribution is 2.22. The first kappa shape index (κ1) is 13.7. The van der Waals surface area contributed by atoms with Crippen LogP contribution in [0, 0.1) is 5.82 Å². The fraction of sp³-hybridized carbons (Fsp3) is 0.400. The van der Waals surface area contributed by atoms with Crippen LogP contribution in [0.4, 0.5) is 10.1 Å². The lowest BCUT2D eigenvalue weighted by molar-refractivity contribution is 0.295. The number of aliphatic hydroxyl groups excluding tert-OH is 1. The number of aliphatic hydroxyl groups is 1. The predicted octanol–water partition coefficient (Wildman–Crippen LogP) is 0.958. The summed E-state index contributed by atoms with van der Waals surface area (Å²) >= 11 is 0. The van der Waals surface area contributed by atoms with Gasteiger partial charge in [-0.2, -0.15) is 0 Å². The average molecular weight is 263 g/mol. The summed E-state index contributed by atoms with van der Waals surface area (Å²) in [4.78, 5) is 0. The predicted molar refractivity (Wildman–Crippen MR) is 62.1 cm³/mol. The number of nitrogens with one attached hydrogen (secondary N) is 1. The van der Waals surface area contributed by atoms with Gasteiger partial charge in [-0.1, -0.05) is 0 Å². The molecule has 0 aliphatic carbocycles. The molecule has 17 heavy (non-hydrogen) atoms. The molecule has 0 aromatic heterocycles. The third kappa shape index (κ3) is 4.20. The average Bonchev–Trinajstić information content (AvgIpc) is 2.29. The monoisotopic (exact) mass is 263 g/mol. The van der Waals surface area contributed by atoms with E-state index in [1.165, 1.54) is 19.2 Å². The van der Waals surface area contributed by atoms with E-state index in [4.69, 9.17) is 9.84 Å². The van der Waals surface area contributed by atoms with Crippen LogP contribution in [0.3, 0.4) is 0 Å². The van der Waals surface area contributed by atoms with Crippen molar-refractivity contribution in [3.05, 3.63) is 24.0 Å². The molecule has 7 heteroatoms. The maximum absolute atomic E-state index is 13.1. The van der Waals surface area contributed by atoms with Crippen LogP contribution in [0.25, 0.3) is 0 Å². The van der Waals surface area contributed by atoms with Gasteiger partial charge in [0.2, 0.25) is 10.0 Å². The van der Waals surface area contributed by atoms with Gasteiger partial charge in [-0.15, -0.1) is 0 Å². The maximum atomic E-state index is 13.1. The van der Waals surface area contributed by atoms with E-state index in [9.17, 15) is 12.8 Å². The Morgan fingerprint density at radius 2 is 2.18 bits per heavy atom. The highest BCUT2D eigenvalue weighted by molar-refractivity contribution is 7.92. The molecule has 0 saturated carbocycles. The van der Waals surface area contributed by atoms with Crippen molar-refractivity contribution in [3.63, 3.8) is 0 Å². The van der Waals surface area contributed by atoms with Crippen LogP contribution in [0.1, 0.15) is 6.42 Å². The second-order valence-electron chi connectivity index (χ2n) is 3.35. The van der Waals surface area contributed by atoms with E-state index in [1.54, 1.807) is 0 Å². The van der Waals surface area contributed by atoms with E-state index in [0.29, 0.717) is 0 Å². The van der Waals surface area contributed by atoms with Gasteiger partial charge in [0.15, 0.2) is 11.6 Å². The van der Waals surface area contributed by atoms with Crippen molar-refractivity contribution in [2.75, 3.05) is 24.2 Å². The van der Waals surface area contributed by atoms with E-state index < -0.39 is 15.8 Å². The quantitative estimate of drug-likeness (QED) is 0.801. The Bertz CT molecular complexity index is 475. The summed E-state index contributed by atoms with van der Waals surface area (Å²) in [5, 5.41) is 8.55. The molecule has 1 aromatic rings. The minimum Gasteiger partial charge on any atom is -0.494 e. The largest absolute Gasteiger partial charge is 0.494 e. The number of methoxy groups -OCH3 is 1. The fourth-order valence-electron chi connectivity index (χ4n) is 1.21. The fourth-order valence-corrected chi connectivity index (χ4v) is 2.31. The van der Waals surface area contributed by atoms with Crippen LogP contribution >= 0.6 is 0 Å². The molecule has 0 bridgehead atoms. The standard InChI is InChI=1S/C10H14FNO4S/c1-16-10-7-8(3-4-9(10)11)12-17(14,15)6-2-5-13/h3-4,7,12-13H,2,5-6H2,1H3. The summed E-state index contributed by atoms with van der Waals surface area (Å²) in [5.74, 6) is -0.790. The number of sulfonamides is 1. The second-order valence-corrected chi connectivity index (χ2v) is 5.19. The number of halogens is 1. The van der Waals surface area contributed by atoms with Crippen molar-refractivity contribution < 1.29 is 22.7 Å². The van der Waals surface area contributed by atoms with Crippen molar-refractivity contribution in [1.29, 1.82) is 0 Å². The lowest BCUT2D eigenvalue weighted by Gasteiger charge is -2.09. The number of benzene rings is 1. The van der Waals surface area contributed by atoms with Crippen LogP contribution in [-0.4, -0.2) is 33.0 Å². The molecular formula is C10H14FNO4S. The van der Waals surface area contributed by atoms with Crippen LogP contribution in [-0.2, 0) is 10.0 Å². The van der Waals surface area contributed by atoms with E-state index >= 15 is 0 Å². The normalized spacial score (nSPS) is 11.2. The van der Waals surface area contributed by atoms with E-state index in [-0.39, 0.29) is 30.2 Å². The van der Waals surface area contributed by atoms with Gasteiger partial charge in [-0.3, -0.25) is 4.72 Å². The molecule has 0 atom stereocenters. The van der Waals surface area contributed by atoms with E-state index in [0.717, 1.165) is 6.07 Å². The lowest BCUT2D eigenvalue weighted by atomic mass is 10.3. The van der Waals surface area contributed by atoms with Crippen LogP contribution in [0.15, 0.2) is 18.2 Å². The van der Waals surface area contributed by atoms with Crippen LogP contribution < -0.4 is 9.46 Å². The number of rotatable bonds is 6. The molecule has 1 rings (SSSR count). The SMILES string of the molecule is COc1cc(NS(=O)(=O)CCCO)ccc1F. The summed E-state index contributed by atoms with van der Waals surface area (Å²) in [6, 6.07) is 3.67. The molecule has 0 radical (unpaired) electrons. The molecular weight excluding hydrogens is 249 g/mol. The highest BCUT2D eigenvalue weighted by Gasteiger charge is 2.11. The van der Waals surface area contributed by atoms with E-state index in [2.05, 4.69) is 4.72 Å². The summed E-state index contributed by atoms with van der Waals surface area (Å²) in [7, 11) is -2.23. The Hall–Kier alpha value is -1.34. The van der Waals surface area contributed by atoms with Gasteiger partial charge >= 0.3 is 0 Å². The third-order valence-electron chi connectivity index (χ3n) is 2.00. The minimum atomic E-state index is -3.52. The zero-order valence-corrected chi connectivity index (χ0v) is 10.1. The van der Waals surface area contributed by atoms with Gasteiger partial charge in [-0.05, 0) is 18.6 Å². The Morgan fingerprint density at radius 3 is 2.76 bits per heavy atom. The smallest absolute Gasteiger partial charge is 0.232 e. The van der Waals surface area contributed by atoms with Crippen molar-refractivity contribution >= 4 is 15.7 Å². The minimum absolute atomic E-state index is 0.0349. The molecule has 5 nitrogen and oxygen atoms in total. The van der Waals surface area contributed by atoms with Crippen LogP contribution in [0.2, 0.25) is 0 Å². The number of hydrogen-bond donors (Lipinski definition) is 2. The highest BCUT2D eigenvalue weighted by atomic mass is 32.2. The zero-order chi connectivity index (χ0) is 12.9. The molecule has 0 saturated heterocycles. The first-order valence-electron chi connectivity index (χ1n) is 4.93. The summed E-state index contributed by atoms with van der Waals surface area (Å²) in [6.07, 6.45) is 0.146. The maximum Gasteiger partial charge on any atom is 0.232 e. The molecule has 0 amide bonds. The molecule has 96 valence electrons. The molecule has 0 heterocycles. The molecule has 0 spiro atoms. The van der Waals surface area contributed by atoms with Gasteiger partial charge in [0.1, 0.15) is 0 Å². The van der Waals surface area contributed by atoms with Crippen molar-refractivity contribution in [3.8, 4) is 5.75 Å². The Balaban J connectivity index is 2.81. The summed E-state index contributed by atoms with van der Waals surface area (Å²) in [6.45, 7) is -0.201. The van der Waals surface area contributed by atoms with Crippen molar-refractivity contribution in [1.82, 2.24) is 0 Å². The Labute approximate surface area is 99.3 Å². The van der Waals surface area contributed by atoms with Crippen LogP contribution in [0.5, 0.6) is 5.75 Å². The Kier molecular flexibility index (Phi) is 4.71. The molecule has 0 unspecified atom stereocenters. The van der Waals surface area contributed by atoms with Gasteiger partial charge in [0.05, 0.1) is 18.6 Å². The summed E-state index contributed by atoms with van der Waals surface area (Å²) in [5.41, 5.74) is 0.223. The lowest BCUT2D eigenvalue weighted by Crippen LogP contribution is -2.17. The van der Waals surface area contributed by atoms with Gasteiger partial charge < -0.3 is 9.84 Å². The second kappa shape index (κ2) is 5.83. The van der Waals surface area contributed by atoms with Gasteiger partial charge in [0.25, 0.3) is 0 Å². The molecule has 2 N–H and O–H groups in total. The number of ether oxygens (including phenoxy) is 1. The topological polar surface area (TPSA) is 75.6 Å². The molecule has 0 aliphatic heterocycles. The molecule has 1 aromatic carbocycles. The third-order valence-corrected chi connectivity index (χ3v) is 3.37. The van der Waals surface area contributed by atoms with E-state index in [1.807, 2.05) is 0 Å². The summed E-state index contributed by atoms with van der Waals surface area (Å²) < 4.78 is 43.0.